The van der Waals surface area contributed by atoms with Crippen LogP contribution in [0, 0.1) is 0 Å². The molecule has 0 aliphatic carbocycles. The van der Waals surface area contributed by atoms with Crippen LogP contribution in [-0.4, -0.2) is 55.5 Å². The van der Waals surface area contributed by atoms with Crippen molar-refractivity contribution < 1.29 is 23.7 Å². The van der Waals surface area contributed by atoms with Gasteiger partial charge in [0.2, 0.25) is 12.5 Å². The van der Waals surface area contributed by atoms with E-state index in [1.807, 2.05) is 0 Å². The first kappa shape index (κ1) is 17.1. The highest BCUT2D eigenvalue weighted by Gasteiger charge is 2.37. The summed E-state index contributed by atoms with van der Waals surface area (Å²) in [5.41, 5.74) is 0. The maximum Gasteiger partial charge on any atom is 0.437 e. The number of amides is 1. The molecule has 2 atom stereocenters. The highest BCUT2D eigenvalue weighted by atomic mass is 31.1. The molecule has 8 heteroatoms. The summed E-state index contributed by atoms with van der Waals surface area (Å²) < 4.78 is 18.0. The number of nitrogens with zero attached hydrogens (tertiary/aromatic N) is 2. The van der Waals surface area contributed by atoms with Gasteiger partial charge in [-0.3, -0.25) is 4.79 Å². The van der Waals surface area contributed by atoms with Crippen molar-refractivity contribution in [1.29, 1.82) is 0 Å². The molecular weight excluding hydrogens is 295 g/mol. The van der Waals surface area contributed by atoms with Crippen LogP contribution in [0.5, 0.6) is 5.75 Å². The third-order valence-electron chi connectivity index (χ3n) is 2.61. The van der Waals surface area contributed by atoms with Gasteiger partial charge in [0.15, 0.2) is 11.9 Å². The van der Waals surface area contributed by atoms with E-state index in [0.29, 0.717) is 12.2 Å². The second-order valence-corrected chi connectivity index (χ2v) is 6.16. The lowest BCUT2D eigenvalue weighted by molar-refractivity contribution is -0.168. The average Bonchev–Trinajstić information content (AvgIpc) is 2.50. The minimum Gasteiger partial charge on any atom is -0.467 e. The summed E-state index contributed by atoms with van der Waals surface area (Å²) in [5.74, 6) is -0.304. The fourth-order valence-corrected chi connectivity index (χ4v) is 2.40. The van der Waals surface area contributed by atoms with Crippen LogP contribution < -0.4 is 4.84 Å². The maximum absolute atomic E-state index is 11.9. The lowest BCUT2D eigenvalue weighted by Gasteiger charge is -2.22. The Balaban J connectivity index is 2.90. The second kappa shape index (κ2) is 8.34. The third kappa shape index (κ3) is 5.13. The van der Waals surface area contributed by atoms with Crippen LogP contribution in [0.25, 0.3) is 0 Å². The maximum atomic E-state index is 11.9. The molecule has 1 rings (SSSR count). The van der Waals surface area contributed by atoms with Crippen molar-refractivity contribution in [2.45, 2.75) is 6.04 Å². The molecule has 0 N–H and O–H groups in total. The van der Waals surface area contributed by atoms with Gasteiger partial charge in [0.05, 0.1) is 7.11 Å². The van der Waals surface area contributed by atoms with Crippen molar-refractivity contribution >= 4 is 20.3 Å². The monoisotopic (exact) mass is 313 g/mol. The molecule has 0 saturated heterocycles. The summed E-state index contributed by atoms with van der Waals surface area (Å²) in [5, 5.41) is 0.817. The first-order chi connectivity index (χ1) is 9.99. The van der Waals surface area contributed by atoms with E-state index in [2.05, 4.69) is 4.74 Å². The molecule has 1 amide bonds. The SMILES string of the molecule is COC(=O)C(C[P+](=O)N(C)C)N(C=O)Oc1ccccc1. The number of rotatable bonds is 8. The van der Waals surface area contributed by atoms with Crippen LogP contribution in [-0.2, 0) is 18.9 Å². The van der Waals surface area contributed by atoms with Crippen LogP contribution in [0.2, 0.25) is 0 Å². The van der Waals surface area contributed by atoms with Gasteiger partial charge in [-0.2, -0.15) is 5.06 Å². The molecule has 7 nitrogen and oxygen atoms in total. The Morgan fingerprint density at radius 3 is 2.43 bits per heavy atom. The predicted octanol–water partition coefficient (Wildman–Crippen LogP) is 1.28. The molecule has 0 fully saturated rings. The number of carbonyl (C=O) groups excluding carboxylic acids is 2. The molecule has 0 bridgehead atoms. The number of hydrogen-bond acceptors (Lipinski definition) is 5. The van der Waals surface area contributed by atoms with E-state index >= 15 is 0 Å². The van der Waals surface area contributed by atoms with Gasteiger partial charge in [-0.1, -0.05) is 22.8 Å². The molecule has 2 unspecified atom stereocenters. The number of carbonyl (C=O) groups is 2. The van der Waals surface area contributed by atoms with Gasteiger partial charge in [-0.15, -0.1) is 4.67 Å². The van der Waals surface area contributed by atoms with Crippen LogP contribution in [0.3, 0.4) is 0 Å². The van der Waals surface area contributed by atoms with Crippen molar-refractivity contribution in [2.24, 2.45) is 0 Å². The molecule has 0 heterocycles. The molecule has 1 aromatic carbocycles. The quantitative estimate of drug-likeness (QED) is 0.311. The zero-order chi connectivity index (χ0) is 15.8. The standard InChI is InChI=1S/C13H18N2O5P/c1-14(2)21(18)9-12(13(17)19-3)15(10-16)20-11-7-5-4-6-8-11/h4-8,10,12H,9H2,1-3H3/q+1. The van der Waals surface area contributed by atoms with Gasteiger partial charge in [0, 0.05) is 14.1 Å². The Kier molecular flexibility index (Phi) is 6.78. The minimum absolute atomic E-state index is 0.0828. The molecular formula is C13H18N2O5P+. The van der Waals surface area contributed by atoms with E-state index < -0.39 is 20.0 Å². The Morgan fingerprint density at radius 1 is 1.33 bits per heavy atom. The first-order valence-corrected chi connectivity index (χ1v) is 7.55. The third-order valence-corrected chi connectivity index (χ3v) is 4.16. The van der Waals surface area contributed by atoms with Crippen molar-refractivity contribution in [3.05, 3.63) is 30.3 Å². The average molecular weight is 313 g/mol. The van der Waals surface area contributed by atoms with Crippen LogP contribution in [0.4, 0.5) is 0 Å². The molecule has 0 aromatic heterocycles. The van der Waals surface area contributed by atoms with E-state index in [1.54, 1.807) is 44.4 Å². The predicted molar refractivity (Wildman–Crippen MR) is 76.9 cm³/mol. The smallest absolute Gasteiger partial charge is 0.437 e. The Morgan fingerprint density at radius 2 is 1.95 bits per heavy atom. The Bertz CT molecular complexity index is 495. The summed E-state index contributed by atoms with van der Waals surface area (Å²) in [6.45, 7) is 0. The van der Waals surface area contributed by atoms with E-state index in [-0.39, 0.29) is 6.16 Å². The van der Waals surface area contributed by atoms with E-state index in [9.17, 15) is 14.2 Å². The molecule has 21 heavy (non-hydrogen) atoms. The lowest BCUT2D eigenvalue weighted by Crippen LogP contribution is -2.45. The molecule has 0 saturated carbocycles. The molecule has 0 radical (unpaired) electrons. The molecule has 0 spiro atoms. The zero-order valence-corrected chi connectivity index (χ0v) is 13.0. The van der Waals surface area contributed by atoms with Gasteiger partial charge in [-0.25, -0.2) is 4.79 Å². The van der Waals surface area contributed by atoms with Crippen molar-refractivity contribution in [2.75, 3.05) is 27.4 Å². The number of hydroxylamine groups is 2. The summed E-state index contributed by atoms with van der Waals surface area (Å²) in [6, 6.07) is 7.43. The highest BCUT2D eigenvalue weighted by molar-refractivity contribution is 7.42. The van der Waals surface area contributed by atoms with Crippen molar-refractivity contribution in [3.8, 4) is 5.75 Å². The van der Waals surface area contributed by atoms with Gasteiger partial charge in [-0.05, 0) is 12.1 Å². The van der Waals surface area contributed by atoms with E-state index in [0.717, 1.165) is 5.06 Å². The summed E-state index contributed by atoms with van der Waals surface area (Å²) in [7, 11) is 2.61. The molecule has 114 valence electrons. The summed E-state index contributed by atoms with van der Waals surface area (Å²) in [6.07, 6.45) is 0.286. The second-order valence-electron chi connectivity index (χ2n) is 4.29. The van der Waals surface area contributed by atoms with Crippen LogP contribution in [0.15, 0.2) is 30.3 Å². The largest absolute Gasteiger partial charge is 0.467 e. The van der Waals surface area contributed by atoms with Gasteiger partial charge in [0.1, 0.15) is 0 Å². The summed E-state index contributed by atoms with van der Waals surface area (Å²) >= 11 is 0. The minimum atomic E-state index is -1.83. The molecule has 1 aromatic rings. The molecule has 0 aliphatic heterocycles. The molecule has 0 aliphatic rings. The van der Waals surface area contributed by atoms with E-state index in [4.69, 9.17) is 4.84 Å². The van der Waals surface area contributed by atoms with Gasteiger partial charge in [0.25, 0.3) is 0 Å². The fraction of sp³-hybridized carbons (Fsp3) is 0.385. The number of ether oxygens (including phenoxy) is 1. The first-order valence-electron chi connectivity index (χ1n) is 6.16. The fourth-order valence-electron chi connectivity index (χ4n) is 1.47. The van der Waals surface area contributed by atoms with Crippen LogP contribution >= 0.6 is 7.95 Å². The normalized spacial score (nSPS) is 12.5. The number of methoxy groups -OCH3 is 1. The number of para-hydroxylation sites is 1. The topological polar surface area (TPSA) is 76.2 Å². The van der Waals surface area contributed by atoms with Crippen molar-refractivity contribution in [1.82, 2.24) is 9.73 Å². The number of esters is 1. The van der Waals surface area contributed by atoms with Gasteiger partial charge >= 0.3 is 13.9 Å². The van der Waals surface area contributed by atoms with Crippen molar-refractivity contribution in [3.63, 3.8) is 0 Å². The number of benzene rings is 1. The number of hydrogen-bond donors (Lipinski definition) is 0. The highest BCUT2D eigenvalue weighted by Crippen LogP contribution is 2.26. The Hall–Kier alpha value is -1.98. The summed E-state index contributed by atoms with van der Waals surface area (Å²) in [4.78, 5) is 28.4. The van der Waals surface area contributed by atoms with Gasteiger partial charge < -0.3 is 9.57 Å². The Labute approximate surface area is 124 Å². The van der Waals surface area contributed by atoms with Crippen LogP contribution in [0.1, 0.15) is 0 Å². The van der Waals surface area contributed by atoms with E-state index in [1.165, 1.54) is 11.8 Å². The lowest BCUT2D eigenvalue weighted by atomic mass is 10.3. The zero-order valence-electron chi connectivity index (χ0n) is 12.1.